The van der Waals surface area contributed by atoms with Crippen molar-refractivity contribution in [3.05, 3.63) is 47.7 Å². The van der Waals surface area contributed by atoms with Crippen molar-refractivity contribution in [3.63, 3.8) is 0 Å². The molecule has 1 N–H and O–H groups in total. The monoisotopic (exact) mass is 309 g/mol. The lowest BCUT2D eigenvalue weighted by Gasteiger charge is -2.25. The van der Waals surface area contributed by atoms with E-state index >= 15 is 0 Å². The maximum Gasteiger partial charge on any atom is 0.147 e. The quantitative estimate of drug-likeness (QED) is 0.806. The van der Waals surface area contributed by atoms with Crippen molar-refractivity contribution in [3.8, 4) is 0 Å². The van der Waals surface area contributed by atoms with E-state index in [9.17, 15) is 0 Å². The standard InChI is InChI=1S/C18H23N5/c1-13-20-14(2)23(21-13)12-16-6-4-10-22(16)11-15-5-3-7-18-17(15)8-9-19-18/h3,5,7-9,16,19H,4,6,10-12H2,1-2H3. The average molecular weight is 309 g/mol. The topological polar surface area (TPSA) is 49.7 Å². The van der Waals surface area contributed by atoms with E-state index in [0.29, 0.717) is 6.04 Å². The van der Waals surface area contributed by atoms with Gasteiger partial charge >= 0.3 is 0 Å². The molecule has 1 fully saturated rings. The summed E-state index contributed by atoms with van der Waals surface area (Å²) in [5.41, 5.74) is 2.63. The fourth-order valence-corrected chi connectivity index (χ4v) is 3.75. The van der Waals surface area contributed by atoms with Crippen LogP contribution >= 0.6 is 0 Å². The number of likely N-dealkylation sites (tertiary alicyclic amines) is 1. The molecule has 1 unspecified atom stereocenters. The average Bonchev–Trinajstić information content (AvgIpc) is 3.22. The first-order valence-electron chi connectivity index (χ1n) is 8.38. The van der Waals surface area contributed by atoms with E-state index in [1.165, 1.54) is 29.3 Å². The van der Waals surface area contributed by atoms with Crippen LogP contribution in [0.5, 0.6) is 0 Å². The molecule has 1 aromatic carbocycles. The number of aryl methyl sites for hydroxylation is 2. The predicted molar refractivity (Wildman–Crippen MR) is 91.2 cm³/mol. The van der Waals surface area contributed by atoms with Crippen LogP contribution in [0.1, 0.15) is 30.1 Å². The summed E-state index contributed by atoms with van der Waals surface area (Å²) in [6.45, 7) is 7.11. The van der Waals surface area contributed by atoms with Crippen LogP contribution in [0.3, 0.4) is 0 Å². The second kappa shape index (κ2) is 5.81. The van der Waals surface area contributed by atoms with Gasteiger partial charge in [0.15, 0.2) is 0 Å². The zero-order valence-corrected chi connectivity index (χ0v) is 13.8. The Hall–Kier alpha value is -2.14. The molecule has 0 aliphatic carbocycles. The first-order valence-corrected chi connectivity index (χ1v) is 8.38. The summed E-state index contributed by atoms with van der Waals surface area (Å²) in [5, 5.41) is 5.87. The molecule has 5 nitrogen and oxygen atoms in total. The molecule has 0 amide bonds. The first-order chi connectivity index (χ1) is 11.2. The summed E-state index contributed by atoms with van der Waals surface area (Å²) >= 11 is 0. The molecule has 0 radical (unpaired) electrons. The Morgan fingerprint density at radius 1 is 1.26 bits per heavy atom. The minimum Gasteiger partial charge on any atom is -0.361 e. The van der Waals surface area contributed by atoms with Crippen molar-refractivity contribution >= 4 is 10.9 Å². The van der Waals surface area contributed by atoms with Crippen LogP contribution in [0.15, 0.2) is 30.5 Å². The highest BCUT2D eigenvalue weighted by Crippen LogP contribution is 2.25. The van der Waals surface area contributed by atoms with Gasteiger partial charge in [0.05, 0.1) is 6.54 Å². The van der Waals surface area contributed by atoms with E-state index in [1.807, 2.05) is 20.0 Å². The maximum absolute atomic E-state index is 4.53. The Labute approximate surface area is 136 Å². The van der Waals surface area contributed by atoms with E-state index in [2.05, 4.69) is 48.9 Å². The molecule has 23 heavy (non-hydrogen) atoms. The van der Waals surface area contributed by atoms with Gasteiger partial charge in [-0.2, -0.15) is 5.10 Å². The lowest BCUT2D eigenvalue weighted by Crippen LogP contribution is -2.33. The normalized spacial score (nSPS) is 19.0. The SMILES string of the molecule is Cc1nc(C)n(CC2CCCN2Cc2cccc3[nH]ccc23)n1. The largest absolute Gasteiger partial charge is 0.361 e. The van der Waals surface area contributed by atoms with Gasteiger partial charge in [-0.05, 0) is 50.9 Å². The molecule has 4 rings (SSSR count). The summed E-state index contributed by atoms with van der Waals surface area (Å²) < 4.78 is 2.06. The van der Waals surface area contributed by atoms with Gasteiger partial charge in [0.25, 0.3) is 0 Å². The van der Waals surface area contributed by atoms with Crippen LogP contribution in [0.4, 0.5) is 0 Å². The van der Waals surface area contributed by atoms with Crippen LogP contribution in [0, 0.1) is 13.8 Å². The van der Waals surface area contributed by atoms with Gasteiger partial charge in [0.2, 0.25) is 0 Å². The number of benzene rings is 1. The summed E-state index contributed by atoms with van der Waals surface area (Å²) in [7, 11) is 0. The third kappa shape index (κ3) is 2.77. The van der Waals surface area contributed by atoms with E-state index < -0.39 is 0 Å². The Balaban J connectivity index is 1.54. The minimum atomic E-state index is 0.545. The van der Waals surface area contributed by atoms with E-state index in [4.69, 9.17) is 0 Å². The summed E-state index contributed by atoms with van der Waals surface area (Å²) in [5.74, 6) is 1.88. The van der Waals surface area contributed by atoms with E-state index in [1.54, 1.807) is 0 Å². The number of rotatable bonds is 4. The lowest BCUT2D eigenvalue weighted by molar-refractivity contribution is 0.218. The molecular weight excluding hydrogens is 286 g/mol. The van der Waals surface area contributed by atoms with Gasteiger partial charge in [-0.25, -0.2) is 9.67 Å². The smallest absolute Gasteiger partial charge is 0.147 e. The first kappa shape index (κ1) is 14.5. The third-order valence-electron chi connectivity index (χ3n) is 4.90. The lowest BCUT2D eigenvalue weighted by atomic mass is 10.1. The fraction of sp³-hybridized carbons (Fsp3) is 0.444. The second-order valence-corrected chi connectivity index (χ2v) is 6.51. The Morgan fingerprint density at radius 3 is 3.00 bits per heavy atom. The minimum absolute atomic E-state index is 0.545. The number of fused-ring (bicyclic) bond motifs is 1. The summed E-state index contributed by atoms with van der Waals surface area (Å²) in [4.78, 5) is 10.3. The van der Waals surface area contributed by atoms with Crippen molar-refractivity contribution in [2.45, 2.75) is 45.8 Å². The molecular formula is C18H23N5. The molecule has 0 bridgehead atoms. The molecule has 1 aliphatic rings. The highest BCUT2D eigenvalue weighted by molar-refractivity contribution is 5.82. The molecule has 1 aliphatic heterocycles. The molecule has 3 aromatic rings. The molecule has 120 valence electrons. The third-order valence-corrected chi connectivity index (χ3v) is 4.90. The number of nitrogens with one attached hydrogen (secondary N) is 1. The van der Waals surface area contributed by atoms with Crippen molar-refractivity contribution in [2.24, 2.45) is 0 Å². The van der Waals surface area contributed by atoms with Crippen molar-refractivity contribution in [1.82, 2.24) is 24.6 Å². The number of nitrogens with zero attached hydrogens (tertiary/aromatic N) is 4. The van der Waals surface area contributed by atoms with Crippen LogP contribution in [0.2, 0.25) is 0 Å². The van der Waals surface area contributed by atoms with Crippen LogP contribution < -0.4 is 0 Å². The number of aromatic amines is 1. The zero-order chi connectivity index (χ0) is 15.8. The number of hydrogen-bond acceptors (Lipinski definition) is 3. The molecule has 1 atom stereocenters. The van der Waals surface area contributed by atoms with Crippen LogP contribution in [-0.4, -0.2) is 37.2 Å². The Kier molecular flexibility index (Phi) is 3.65. The summed E-state index contributed by atoms with van der Waals surface area (Å²) in [6, 6.07) is 9.26. The van der Waals surface area contributed by atoms with Gasteiger partial charge in [-0.1, -0.05) is 12.1 Å². The van der Waals surface area contributed by atoms with E-state index in [-0.39, 0.29) is 0 Å². The highest BCUT2D eigenvalue weighted by Gasteiger charge is 2.26. The van der Waals surface area contributed by atoms with Gasteiger partial charge in [0.1, 0.15) is 11.6 Å². The van der Waals surface area contributed by atoms with Crippen molar-refractivity contribution in [2.75, 3.05) is 6.54 Å². The van der Waals surface area contributed by atoms with Gasteiger partial charge in [-0.15, -0.1) is 0 Å². The van der Waals surface area contributed by atoms with Crippen LogP contribution in [0.25, 0.3) is 10.9 Å². The molecule has 1 saturated heterocycles. The number of aromatic nitrogens is 4. The highest BCUT2D eigenvalue weighted by atomic mass is 15.4. The Morgan fingerprint density at radius 2 is 2.17 bits per heavy atom. The Bertz CT molecular complexity index is 816. The van der Waals surface area contributed by atoms with Crippen molar-refractivity contribution < 1.29 is 0 Å². The van der Waals surface area contributed by atoms with Crippen LogP contribution in [-0.2, 0) is 13.1 Å². The summed E-state index contributed by atoms with van der Waals surface area (Å²) in [6.07, 6.45) is 4.53. The zero-order valence-electron chi connectivity index (χ0n) is 13.8. The van der Waals surface area contributed by atoms with Gasteiger partial charge < -0.3 is 4.98 Å². The molecule has 3 heterocycles. The molecule has 5 heteroatoms. The van der Waals surface area contributed by atoms with Gasteiger partial charge in [-0.3, -0.25) is 4.90 Å². The number of hydrogen-bond donors (Lipinski definition) is 1. The maximum atomic E-state index is 4.53. The van der Waals surface area contributed by atoms with E-state index in [0.717, 1.165) is 31.3 Å². The fourth-order valence-electron chi connectivity index (χ4n) is 3.75. The predicted octanol–water partition coefficient (Wildman–Crippen LogP) is 3.04. The number of H-pyrrole nitrogens is 1. The second-order valence-electron chi connectivity index (χ2n) is 6.51. The van der Waals surface area contributed by atoms with Gasteiger partial charge in [0, 0.05) is 29.7 Å². The van der Waals surface area contributed by atoms with Crippen molar-refractivity contribution in [1.29, 1.82) is 0 Å². The molecule has 0 spiro atoms. The molecule has 2 aromatic heterocycles. The molecule has 0 saturated carbocycles.